The molecule has 2 aromatic rings. The van der Waals surface area contributed by atoms with E-state index in [4.69, 9.17) is 0 Å². The van der Waals surface area contributed by atoms with E-state index in [0.717, 1.165) is 29.7 Å². The Hall–Kier alpha value is -3.42. The topological polar surface area (TPSA) is 154 Å². The quantitative estimate of drug-likeness (QED) is 0.153. The van der Waals surface area contributed by atoms with Crippen molar-refractivity contribution in [3.63, 3.8) is 0 Å². The lowest BCUT2D eigenvalue weighted by atomic mass is 10.00. The van der Waals surface area contributed by atoms with Gasteiger partial charge in [0.2, 0.25) is 17.7 Å². The second-order valence-electron chi connectivity index (χ2n) is 12.2. The lowest BCUT2D eigenvalue weighted by molar-refractivity contribution is -0.130. The van der Waals surface area contributed by atoms with E-state index in [0.29, 0.717) is 38.3 Å². The van der Waals surface area contributed by atoms with Gasteiger partial charge in [-0.15, -0.1) is 0 Å². The standard InChI is InChI=1S/C34H48F2N4O6S/c1-4-8-27(9-5-2)47(45,46)21-30(40-33(43)28-12-13-32(42)38-28)34(44)39-29(17-24-15-25(35)18-26(36)16-24)31(41)20-37-19-23-11-7-10-22(6-3)14-23/h7,10-11,14-16,18,27-31,37,41H,4-6,8-9,12-13,17,19-21H2,1-3H3,(H,38,42)(H,39,44)(H,40,43)/t28-,29-,30-,31+/m0/s1. The van der Waals surface area contributed by atoms with E-state index < -0.39 is 68.5 Å². The van der Waals surface area contributed by atoms with Crippen molar-refractivity contribution in [2.45, 2.75) is 108 Å². The Labute approximate surface area is 276 Å². The van der Waals surface area contributed by atoms with Gasteiger partial charge in [0.05, 0.1) is 23.1 Å². The zero-order valence-electron chi connectivity index (χ0n) is 27.4. The summed E-state index contributed by atoms with van der Waals surface area (Å²) < 4.78 is 55.3. The number of benzene rings is 2. The summed E-state index contributed by atoms with van der Waals surface area (Å²) in [7, 11) is -3.88. The van der Waals surface area contributed by atoms with Crippen LogP contribution >= 0.6 is 0 Å². The highest BCUT2D eigenvalue weighted by molar-refractivity contribution is 7.92. The van der Waals surface area contributed by atoms with Crippen molar-refractivity contribution < 1.29 is 36.7 Å². The molecule has 1 fully saturated rings. The van der Waals surface area contributed by atoms with Crippen LogP contribution in [-0.2, 0) is 43.6 Å². The fraction of sp³-hybridized carbons (Fsp3) is 0.559. The van der Waals surface area contributed by atoms with Crippen LogP contribution in [0, 0.1) is 11.6 Å². The second-order valence-corrected chi connectivity index (χ2v) is 14.5. The normalized spacial score (nSPS) is 16.8. The zero-order chi connectivity index (χ0) is 34.6. The van der Waals surface area contributed by atoms with Crippen LogP contribution in [-0.4, -0.2) is 73.0 Å². The summed E-state index contributed by atoms with van der Waals surface area (Å²) in [4.78, 5) is 38.6. The first-order valence-electron chi connectivity index (χ1n) is 16.4. The van der Waals surface area contributed by atoms with Crippen LogP contribution < -0.4 is 21.3 Å². The van der Waals surface area contributed by atoms with Gasteiger partial charge in [0, 0.05) is 25.6 Å². The summed E-state index contributed by atoms with van der Waals surface area (Å²) in [6, 6.07) is 7.19. The molecule has 1 saturated heterocycles. The first kappa shape index (κ1) is 38.0. The molecule has 2 aromatic carbocycles. The van der Waals surface area contributed by atoms with Gasteiger partial charge in [-0.25, -0.2) is 17.2 Å². The van der Waals surface area contributed by atoms with Gasteiger partial charge < -0.3 is 26.4 Å². The molecule has 47 heavy (non-hydrogen) atoms. The van der Waals surface area contributed by atoms with Crippen LogP contribution in [0.4, 0.5) is 8.78 Å². The minimum absolute atomic E-state index is 0.0163. The Morgan fingerprint density at radius 1 is 0.979 bits per heavy atom. The molecule has 0 saturated carbocycles. The highest BCUT2D eigenvalue weighted by atomic mass is 32.2. The number of carbonyl (C=O) groups is 3. The van der Waals surface area contributed by atoms with Gasteiger partial charge in [-0.3, -0.25) is 14.4 Å². The Balaban J connectivity index is 1.85. The van der Waals surface area contributed by atoms with Gasteiger partial charge in [0.15, 0.2) is 9.84 Å². The van der Waals surface area contributed by atoms with Crippen LogP contribution in [0.15, 0.2) is 42.5 Å². The minimum Gasteiger partial charge on any atom is -0.390 e. The molecule has 0 unspecified atom stereocenters. The lowest BCUT2D eigenvalue weighted by Gasteiger charge is -2.28. The second kappa shape index (κ2) is 18.2. The van der Waals surface area contributed by atoms with Crippen molar-refractivity contribution in [1.29, 1.82) is 0 Å². The van der Waals surface area contributed by atoms with E-state index >= 15 is 0 Å². The number of aryl methyl sites for hydroxylation is 1. The molecule has 0 aliphatic carbocycles. The minimum atomic E-state index is -3.88. The fourth-order valence-electron chi connectivity index (χ4n) is 5.80. The van der Waals surface area contributed by atoms with E-state index in [1.54, 1.807) is 0 Å². The number of aliphatic hydroxyl groups excluding tert-OH is 1. The summed E-state index contributed by atoms with van der Waals surface area (Å²) in [5, 5.41) is 21.4. The molecule has 4 atom stereocenters. The number of hydrogen-bond acceptors (Lipinski definition) is 7. The number of hydrogen-bond donors (Lipinski definition) is 5. The Bertz CT molecular complexity index is 1450. The van der Waals surface area contributed by atoms with Gasteiger partial charge >= 0.3 is 0 Å². The highest BCUT2D eigenvalue weighted by Crippen LogP contribution is 2.18. The number of carbonyl (C=O) groups excluding carboxylic acids is 3. The summed E-state index contributed by atoms with van der Waals surface area (Å²) in [6.45, 7) is 6.15. The molecular weight excluding hydrogens is 630 g/mol. The monoisotopic (exact) mass is 678 g/mol. The van der Waals surface area contributed by atoms with Gasteiger partial charge in [-0.1, -0.05) is 57.9 Å². The van der Waals surface area contributed by atoms with E-state index in [1.165, 1.54) is 0 Å². The molecule has 3 amide bonds. The van der Waals surface area contributed by atoms with Crippen molar-refractivity contribution >= 4 is 27.6 Å². The largest absolute Gasteiger partial charge is 0.390 e. The average molecular weight is 679 g/mol. The maximum absolute atomic E-state index is 14.1. The first-order chi connectivity index (χ1) is 22.3. The summed E-state index contributed by atoms with van der Waals surface area (Å²) in [5.41, 5.74) is 2.28. The van der Waals surface area contributed by atoms with Crippen molar-refractivity contribution in [2.24, 2.45) is 0 Å². The average Bonchev–Trinajstić information content (AvgIpc) is 3.46. The van der Waals surface area contributed by atoms with Gasteiger partial charge in [0.25, 0.3) is 0 Å². The van der Waals surface area contributed by atoms with Crippen molar-refractivity contribution in [2.75, 3.05) is 12.3 Å². The predicted octanol–water partition coefficient (Wildman–Crippen LogP) is 2.85. The van der Waals surface area contributed by atoms with Crippen molar-refractivity contribution in [3.8, 4) is 0 Å². The van der Waals surface area contributed by atoms with E-state index in [-0.39, 0.29) is 37.3 Å². The summed E-state index contributed by atoms with van der Waals surface area (Å²) >= 11 is 0. The van der Waals surface area contributed by atoms with E-state index in [1.807, 2.05) is 45.0 Å². The lowest BCUT2D eigenvalue weighted by Crippen LogP contribution is -2.58. The number of rotatable bonds is 19. The number of halogens is 2. The molecule has 10 nitrogen and oxygen atoms in total. The van der Waals surface area contributed by atoms with Gasteiger partial charge in [-0.05, 0) is 60.9 Å². The number of sulfone groups is 1. The third-order valence-electron chi connectivity index (χ3n) is 8.33. The van der Waals surface area contributed by atoms with Gasteiger partial charge in [0.1, 0.15) is 23.7 Å². The molecule has 13 heteroatoms. The molecule has 1 aliphatic rings. The zero-order valence-corrected chi connectivity index (χ0v) is 28.2. The van der Waals surface area contributed by atoms with Gasteiger partial charge in [-0.2, -0.15) is 0 Å². The smallest absolute Gasteiger partial charge is 0.243 e. The Morgan fingerprint density at radius 2 is 1.64 bits per heavy atom. The SMILES string of the molecule is CCCC(CCC)S(=O)(=O)C[C@H](NC(=O)[C@@H]1CCC(=O)N1)C(=O)N[C@@H](Cc1cc(F)cc(F)c1)[C@H](O)CNCc1cccc(CC)c1. The predicted molar refractivity (Wildman–Crippen MR) is 176 cm³/mol. The molecule has 0 aromatic heterocycles. The third kappa shape index (κ3) is 12.0. The maximum Gasteiger partial charge on any atom is 0.243 e. The molecule has 260 valence electrons. The Kier molecular flexibility index (Phi) is 14.7. The van der Waals surface area contributed by atoms with Crippen molar-refractivity contribution in [1.82, 2.24) is 21.3 Å². The molecule has 5 N–H and O–H groups in total. The summed E-state index contributed by atoms with van der Waals surface area (Å²) in [6.07, 6.45) is 1.70. The molecule has 1 heterocycles. The summed E-state index contributed by atoms with van der Waals surface area (Å²) in [5.74, 6) is -4.27. The van der Waals surface area contributed by atoms with E-state index in [2.05, 4.69) is 21.3 Å². The molecule has 0 bridgehead atoms. The third-order valence-corrected chi connectivity index (χ3v) is 10.6. The fourth-order valence-corrected chi connectivity index (χ4v) is 7.96. The van der Waals surface area contributed by atoms with Crippen LogP contribution in [0.1, 0.15) is 76.0 Å². The molecule has 0 radical (unpaired) electrons. The Morgan fingerprint density at radius 3 is 2.23 bits per heavy atom. The highest BCUT2D eigenvalue weighted by Gasteiger charge is 2.36. The van der Waals surface area contributed by atoms with Crippen molar-refractivity contribution in [3.05, 3.63) is 70.8 Å². The van der Waals surface area contributed by atoms with Crippen LogP contribution in [0.25, 0.3) is 0 Å². The van der Waals surface area contributed by atoms with Crippen LogP contribution in [0.2, 0.25) is 0 Å². The number of nitrogens with one attached hydrogen (secondary N) is 4. The molecule has 0 spiro atoms. The molecular formula is C34H48F2N4O6S. The maximum atomic E-state index is 14.1. The van der Waals surface area contributed by atoms with Crippen LogP contribution in [0.3, 0.4) is 0 Å². The van der Waals surface area contributed by atoms with Crippen LogP contribution in [0.5, 0.6) is 0 Å². The molecule has 1 aliphatic heterocycles. The number of amides is 3. The number of aliphatic hydroxyl groups is 1. The molecule has 3 rings (SSSR count). The first-order valence-corrected chi connectivity index (χ1v) is 18.1. The van der Waals surface area contributed by atoms with E-state index in [9.17, 15) is 36.7 Å².